The first-order chi connectivity index (χ1) is 6.72. The number of alkyl halides is 1. The molecule has 14 heavy (non-hydrogen) atoms. The normalized spacial score (nSPS) is 15.5. The van der Waals surface area contributed by atoms with Crippen LogP contribution in [0.2, 0.25) is 0 Å². The van der Waals surface area contributed by atoms with Gasteiger partial charge in [-0.05, 0) is 12.8 Å². The summed E-state index contributed by atoms with van der Waals surface area (Å²) in [6, 6.07) is -0.312. The maximum Gasteiger partial charge on any atom is 0.321 e. The molecule has 0 saturated heterocycles. The van der Waals surface area contributed by atoms with Crippen LogP contribution in [0, 0.1) is 0 Å². The first kappa shape index (κ1) is 11.0. The fourth-order valence-corrected chi connectivity index (χ4v) is 1.40. The maximum absolute atomic E-state index is 11.2. The number of hydrogen-bond donors (Lipinski definition) is 2. The first-order valence-electron chi connectivity index (χ1n) is 4.53. The lowest BCUT2D eigenvalue weighted by atomic mass is 10.2. The van der Waals surface area contributed by atoms with Crippen molar-refractivity contribution in [1.82, 2.24) is 10.6 Å². The molecule has 5 heteroatoms. The van der Waals surface area contributed by atoms with Crippen molar-refractivity contribution in [2.45, 2.75) is 25.3 Å². The van der Waals surface area contributed by atoms with Crippen LogP contribution in [0.25, 0.3) is 0 Å². The fourth-order valence-electron chi connectivity index (χ4n) is 1.23. The number of imide groups is 1. The molecule has 3 amide bonds. The van der Waals surface area contributed by atoms with Crippen molar-refractivity contribution in [2.24, 2.45) is 0 Å². The highest BCUT2D eigenvalue weighted by Gasteiger charge is 2.14. The Morgan fingerprint density at radius 2 is 2.00 bits per heavy atom. The largest absolute Gasteiger partial charge is 0.334 e. The molecule has 4 nitrogen and oxygen atoms in total. The minimum atomic E-state index is -0.436. The Bertz CT molecular complexity index is 245. The molecule has 1 rings (SSSR count). The van der Waals surface area contributed by atoms with Crippen LogP contribution >= 0.6 is 11.6 Å². The van der Waals surface area contributed by atoms with E-state index < -0.39 is 6.03 Å². The Kier molecular flexibility index (Phi) is 4.46. The van der Waals surface area contributed by atoms with E-state index in [-0.39, 0.29) is 24.2 Å². The Morgan fingerprint density at radius 3 is 2.57 bits per heavy atom. The van der Waals surface area contributed by atoms with Gasteiger partial charge < -0.3 is 5.32 Å². The number of carbonyl (C=O) groups excluding carboxylic acids is 2. The van der Waals surface area contributed by atoms with Crippen molar-refractivity contribution < 1.29 is 9.59 Å². The Hall–Kier alpha value is -1.03. The molecule has 2 N–H and O–H groups in total. The third-order valence-electron chi connectivity index (χ3n) is 1.92. The zero-order valence-corrected chi connectivity index (χ0v) is 8.51. The molecule has 0 unspecified atom stereocenters. The van der Waals surface area contributed by atoms with E-state index in [4.69, 9.17) is 11.6 Å². The highest BCUT2D eigenvalue weighted by atomic mass is 35.5. The molecule has 0 aromatic heterocycles. The second kappa shape index (κ2) is 5.65. The summed E-state index contributed by atoms with van der Waals surface area (Å²) in [5.41, 5.74) is 0. The van der Waals surface area contributed by atoms with Crippen LogP contribution in [-0.4, -0.2) is 23.9 Å². The van der Waals surface area contributed by atoms with E-state index in [1.807, 2.05) is 12.2 Å². The summed E-state index contributed by atoms with van der Waals surface area (Å²) in [6.45, 7) is 0. The van der Waals surface area contributed by atoms with Crippen LogP contribution in [0.5, 0.6) is 0 Å². The number of urea groups is 1. The van der Waals surface area contributed by atoms with E-state index in [1.165, 1.54) is 0 Å². The first-order valence-corrected chi connectivity index (χ1v) is 5.07. The van der Waals surface area contributed by atoms with Gasteiger partial charge in [0.05, 0.1) is 0 Å². The van der Waals surface area contributed by atoms with E-state index in [0.717, 1.165) is 12.8 Å². The standard InChI is InChI=1S/C9H13ClN2O2/c10-6-5-8(13)12-9(14)11-7-3-1-2-4-7/h1-2,7H,3-6H2,(H2,11,12,13,14). The van der Waals surface area contributed by atoms with Gasteiger partial charge in [0.2, 0.25) is 5.91 Å². The molecule has 1 aliphatic carbocycles. The van der Waals surface area contributed by atoms with Crippen molar-refractivity contribution in [3.8, 4) is 0 Å². The predicted octanol–water partition coefficient (Wildman–Crippen LogP) is 1.16. The predicted molar refractivity (Wildman–Crippen MR) is 54.2 cm³/mol. The summed E-state index contributed by atoms with van der Waals surface area (Å²) in [4.78, 5) is 22.1. The van der Waals surface area contributed by atoms with Crippen LogP contribution in [0.1, 0.15) is 19.3 Å². The van der Waals surface area contributed by atoms with Gasteiger partial charge in [-0.25, -0.2) is 4.79 Å². The lowest BCUT2D eigenvalue weighted by Crippen LogP contribution is -2.43. The highest BCUT2D eigenvalue weighted by Crippen LogP contribution is 2.08. The molecule has 0 aromatic carbocycles. The summed E-state index contributed by atoms with van der Waals surface area (Å²) in [6.07, 6.45) is 5.84. The van der Waals surface area contributed by atoms with Gasteiger partial charge >= 0.3 is 6.03 Å². The molecular formula is C9H13ClN2O2. The molecule has 0 atom stereocenters. The topological polar surface area (TPSA) is 58.2 Å². The molecule has 0 spiro atoms. The van der Waals surface area contributed by atoms with E-state index in [0.29, 0.717) is 0 Å². The molecule has 0 aromatic rings. The zero-order valence-electron chi connectivity index (χ0n) is 7.75. The van der Waals surface area contributed by atoms with Gasteiger partial charge in [0, 0.05) is 18.3 Å². The van der Waals surface area contributed by atoms with E-state index in [1.54, 1.807) is 0 Å². The van der Waals surface area contributed by atoms with Crippen LogP contribution in [0.4, 0.5) is 4.79 Å². The van der Waals surface area contributed by atoms with E-state index >= 15 is 0 Å². The van der Waals surface area contributed by atoms with Gasteiger partial charge in [0.25, 0.3) is 0 Å². The Morgan fingerprint density at radius 1 is 1.36 bits per heavy atom. The minimum Gasteiger partial charge on any atom is -0.334 e. The average Bonchev–Trinajstić information content (AvgIpc) is 2.56. The smallest absolute Gasteiger partial charge is 0.321 e. The average molecular weight is 217 g/mol. The van der Waals surface area contributed by atoms with Crippen LogP contribution in [0.15, 0.2) is 12.2 Å². The molecule has 78 valence electrons. The lowest BCUT2D eigenvalue weighted by Gasteiger charge is -2.11. The number of rotatable bonds is 3. The van der Waals surface area contributed by atoms with E-state index in [2.05, 4.69) is 10.6 Å². The highest BCUT2D eigenvalue weighted by molar-refractivity contribution is 6.19. The molecule has 0 saturated carbocycles. The van der Waals surface area contributed by atoms with E-state index in [9.17, 15) is 9.59 Å². The lowest BCUT2D eigenvalue weighted by molar-refractivity contribution is -0.119. The van der Waals surface area contributed by atoms with Crippen LogP contribution in [0.3, 0.4) is 0 Å². The number of carbonyl (C=O) groups is 2. The monoisotopic (exact) mass is 216 g/mol. The van der Waals surface area contributed by atoms with Gasteiger partial charge in [-0.3, -0.25) is 10.1 Å². The molecule has 0 aliphatic heterocycles. The van der Waals surface area contributed by atoms with Gasteiger partial charge in [0.15, 0.2) is 0 Å². The summed E-state index contributed by atoms with van der Waals surface area (Å²) >= 11 is 5.35. The second-order valence-corrected chi connectivity index (χ2v) is 3.48. The van der Waals surface area contributed by atoms with Crippen molar-refractivity contribution in [3.63, 3.8) is 0 Å². The Balaban J connectivity index is 2.18. The minimum absolute atomic E-state index is 0.124. The third-order valence-corrected chi connectivity index (χ3v) is 2.11. The number of hydrogen-bond acceptors (Lipinski definition) is 2. The van der Waals surface area contributed by atoms with Gasteiger partial charge in [-0.1, -0.05) is 12.2 Å². The van der Waals surface area contributed by atoms with Crippen molar-refractivity contribution in [3.05, 3.63) is 12.2 Å². The molecule has 0 bridgehead atoms. The Labute approximate surface area is 87.7 Å². The number of amides is 3. The van der Waals surface area contributed by atoms with Crippen molar-refractivity contribution in [2.75, 3.05) is 5.88 Å². The molecular weight excluding hydrogens is 204 g/mol. The summed E-state index contributed by atoms with van der Waals surface area (Å²) in [5.74, 6) is -0.118. The maximum atomic E-state index is 11.2. The third kappa shape index (κ3) is 3.79. The summed E-state index contributed by atoms with van der Waals surface area (Å²) in [5, 5.41) is 4.90. The van der Waals surface area contributed by atoms with Gasteiger partial charge in [-0.2, -0.15) is 0 Å². The number of nitrogens with one attached hydrogen (secondary N) is 2. The SMILES string of the molecule is O=C(CCCl)NC(=O)NC1CC=CC1. The molecule has 0 fully saturated rings. The van der Waals surface area contributed by atoms with Crippen molar-refractivity contribution >= 4 is 23.5 Å². The van der Waals surface area contributed by atoms with Crippen LogP contribution < -0.4 is 10.6 Å². The van der Waals surface area contributed by atoms with Gasteiger partial charge in [-0.15, -0.1) is 11.6 Å². The number of halogens is 1. The molecule has 0 radical (unpaired) electrons. The summed E-state index contributed by atoms with van der Waals surface area (Å²) < 4.78 is 0. The fraction of sp³-hybridized carbons (Fsp3) is 0.556. The molecule has 0 heterocycles. The van der Waals surface area contributed by atoms with Gasteiger partial charge in [0.1, 0.15) is 0 Å². The van der Waals surface area contributed by atoms with Crippen molar-refractivity contribution in [1.29, 1.82) is 0 Å². The summed E-state index contributed by atoms with van der Waals surface area (Å²) in [7, 11) is 0. The zero-order chi connectivity index (χ0) is 10.4. The quantitative estimate of drug-likeness (QED) is 0.550. The molecule has 1 aliphatic rings. The second-order valence-electron chi connectivity index (χ2n) is 3.10. The van der Waals surface area contributed by atoms with Crippen LogP contribution in [-0.2, 0) is 4.79 Å².